The van der Waals surface area contributed by atoms with Gasteiger partial charge in [-0.2, -0.15) is 0 Å². The summed E-state index contributed by atoms with van der Waals surface area (Å²) < 4.78 is 13.0. The minimum Gasteiger partial charge on any atom is -0.335 e. The van der Waals surface area contributed by atoms with Crippen molar-refractivity contribution in [3.63, 3.8) is 0 Å². The standard InChI is InChI=1S/C21H32FN3O/c22-18-12-10-17(11-13-18)6-4-5-9-20-16-23-14-15-25(20)21(26)24-19-7-2-1-3-8-19/h10-13,19-20,23H,1-9,14-16H2,(H,24,26). The first-order valence-electron chi connectivity index (χ1n) is 10.2. The molecule has 2 aliphatic rings. The van der Waals surface area contributed by atoms with Gasteiger partial charge in [0.15, 0.2) is 0 Å². The first-order chi connectivity index (χ1) is 12.7. The Morgan fingerprint density at radius 2 is 1.92 bits per heavy atom. The maximum atomic E-state index is 13.0. The largest absolute Gasteiger partial charge is 0.335 e. The Morgan fingerprint density at radius 3 is 2.69 bits per heavy atom. The van der Waals surface area contributed by atoms with E-state index in [1.807, 2.05) is 17.0 Å². The van der Waals surface area contributed by atoms with Crippen LogP contribution in [-0.4, -0.2) is 42.6 Å². The van der Waals surface area contributed by atoms with E-state index >= 15 is 0 Å². The summed E-state index contributed by atoms with van der Waals surface area (Å²) >= 11 is 0. The molecule has 26 heavy (non-hydrogen) atoms. The summed E-state index contributed by atoms with van der Waals surface area (Å²) in [5.74, 6) is -0.179. The third-order valence-electron chi connectivity index (χ3n) is 5.71. The molecule has 1 saturated heterocycles. The summed E-state index contributed by atoms with van der Waals surface area (Å²) in [5.41, 5.74) is 1.18. The minimum absolute atomic E-state index is 0.127. The fourth-order valence-corrected chi connectivity index (χ4v) is 4.15. The number of hydrogen-bond donors (Lipinski definition) is 2. The van der Waals surface area contributed by atoms with E-state index in [-0.39, 0.29) is 17.9 Å². The maximum absolute atomic E-state index is 13.0. The van der Waals surface area contributed by atoms with E-state index in [9.17, 15) is 9.18 Å². The molecule has 1 atom stereocenters. The molecule has 1 aromatic carbocycles. The SMILES string of the molecule is O=C(NC1CCCCC1)N1CCNCC1CCCCc1ccc(F)cc1. The van der Waals surface area contributed by atoms with E-state index in [0.29, 0.717) is 6.04 Å². The van der Waals surface area contributed by atoms with Crippen molar-refractivity contribution in [2.75, 3.05) is 19.6 Å². The van der Waals surface area contributed by atoms with Gasteiger partial charge < -0.3 is 15.5 Å². The van der Waals surface area contributed by atoms with Gasteiger partial charge in [-0.05, 0) is 49.8 Å². The lowest BCUT2D eigenvalue weighted by Crippen LogP contribution is -2.57. The number of benzene rings is 1. The van der Waals surface area contributed by atoms with Gasteiger partial charge in [-0.25, -0.2) is 9.18 Å². The van der Waals surface area contributed by atoms with E-state index in [1.54, 1.807) is 0 Å². The number of nitrogens with zero attached hydrogens (tertiary/aromatic N) is 1. The molecule has 4 nitrogen and oxygen atoms in total. The number of rotatable bonds is 6. The smallest absolute Gasteiger partial charge is 0.317 e. The zero-order valence-corrected chi connectivity index (χ0v) is 15.7. The second-order valence-corrected chi connectivity index (χ2v) is 7.71. The van der Waals surface area contributed by atoms with Crippen molar-refractivity contribution in [2.45, 2.75) is 69.9 Å². The van der Waals surface area contributed by atoms with Crippen molar-refractivity contribution >= 4 is 6.03 Å². The fraction of sp³-hybridized carbons (Fsp3) is 0.667. The maximum Gasteiger partial charge on any atom is 0.317 e. The molecule has 1 heterocycles. The summed E-state index contributed by atoms with van der Waals surface area (Å²) in [6.07, 6.45) is 10.2. The molecule has 2 amide bonds. The van der Waals surface area contributed by atoms with Crippen LogP contribution in [0.25, 0.3) is 0 Å². The molecule has 2 N–H and O–H groups in total. The highest BCUT2D eigenvalue weighted by Gasteiger charge is 2.27. The highest BCUT2D eigenvalue weighted by Crippen LogP contribution is 2.19. The Balaban J connectivity index is 1.42. The zero-order chi connectivity index (χ0) is 18.2. The lowest BCUT2D eigenvalue weighted by Gasteiger charge is -2.37. The van der Waals surface area contributed by atoms with Crippen LogP contribution in [0.15, 0.2) is 24.3 Å². The lowest BCUT2D eigenvalue weighted by atomic mass is 9.95. The van der Waals surface area contributed by atoms with Crippen LogP contribution in [0.2, 0.25) is 0 Å². The third-order valence-corrected chi connectivity index (χ3v) is 5.71. The molecule has 1 saturated carbocycles. The van der Waals surface area contributed by atoms with Crippen molar-refractivity contribution in [1.82, 2.24) is 15.5 Å². The number of urea groups is 1. The molecule has 0 radical (unpaired) electrons. The molecule has 1 unspecified atom stereocenters. The van der Waals surface area contributed by atoms with E-state index in [0.717, 1.165) is 58.2 Å². The second kappa shape index (κ2) is 9.91. The van der Waals surface area contributed by atoms with Gasteiger partial charge in [-0.3, -0.25) is 0 Å². The first-order valence-corrected chi connectivity index (χ1v) is 10.2. The molecule has 0 spiro atoms. The number of halogens is 1. The fourth-order valence-electron chi connectivity index (χ4n) is 4.15. The second-order valence-electron chi connectivity index (χ2n) is 7.71. The molecule has 1 aromatic rings. The molecular formula is C21H32FN3O. The Hall–Kier alpha value is -1.62. The number of piperazine rings is 1. The predicted octanol–water partition coefficient (Wildman–Crippen LogP) is 3.85. The van der Waals surface area contributed by atoms with Crippen LogP contribution in [-0.2, 0) is 6.42 Å². The predicted molar refractivity (Wildman–Crippen MR) is 103 cm³/mol. The van der Waals surface area contributed by atoms with Crippen molar-refractivity contribution in [1.29, 1.82) is 0 Å². The van der Waals surface area contributed by atoms with Gasteiger partial charge in [0.25, 0.3) is 0 Å². The van der Waals surface area contributed by atoms with Crippen LogP contribution in [0.3, 0.4) is 0 Å². The lowest BCUT2D eigenvalue weighted by molar-refractivity contribution is 0.147. The van der Waals surface area contributed by atoms with Crippen LogP contribution >= 0.6 is 0 Å². The number of carbonyl (C=O) groups excluding carboxylic acids is 1. The first kappa shape index (κ1) is 19.2. The number of nitrogens with one attached hydrogen (secondary N) is 2. The summed E-state index contributed by atoms with van der Waals surface area (Å²) in [6, 6.07) is 7.55. The monoisotopic (exact) mass is 361 g/mol. The van der Waals surface area contributed by atoms with Gasteiger partial charge in [0.2, 0.25) is 0 Å². The van der Waals surface area contributed by atoms with Gasteiger partial charge in [0.1, 0.15) is 5.82 Å². The van der Waals surface area contributed by atoms with Crippen molar-refractivity contribution in [3.05, 3.63) is 35.6 Å². The van der Waals surface area contributed by atoms with Crippen LogP contribution < -0.4 is 10.6 Å². The van der Waals surface area contributed by atoms with Crippen LogP contribution in [0, 0.1) is 5.82 Å². The molecular weight excluding hydrogens is 329 g/mol. The molecule has 0 aromatic heterocycles. The summed E-state index contributed by atoms with van der Waals surface area (Å²) in [4.78, 5) is 14.8. The quantitative estimate of drug-likeness (QED) is 0.756. The molecule has 1 aliphatic carbocycles. The minimum atomic E-state index is -0.179. The van der Waals surface area contributed by atoms with E-state index in [2.05, 4.69) is 10.6 Å². The van der Waals surface area contributed by atoms with Crippen LogP contribution in [0.4, 0.5) is 9.18 Å². The Morgan fingerprint density at radius 1 is 1.15 bits per heavy atom. The van der Waals surface area contributed by atoms with Gasteiger partial charge in [-0.15, -0.1) is 0 Å². The van der Waals surface area contributed by atoms with Gasteiger partial charge >= 0.3 is 6.03 Å². The number of hydrogen-bond acceptors (Lipinski definition) is 2. The average molecular weight is 362 g/mol. The average Bonchev–Trinajstić information content (AvgIpc) is 2.68. The van der Waals surface area contributed by atoms with Gasteiger partial charge in [0, 0.05) is 31.7 Å². The highest BCUT2D eigenvalue weighted by atomic mass is 19.1. The summed E-state index contributed by atoms with van der Waals surface area (Å²) in [6.45, 7) is 2.56. The van der Waals surface area contributed by atoms with Crippen molar-refractivity contribution in [2.24, 2.45) is 0 Å². The van der Waals surface area contributed by atoms with Crippen molar-refractivity contribution < 1.29 is 9.18 Å². The van der Waals surface area contributed by atoms with E-state index < -0.39 is 0 Å². The Kier molecular flexibility index (Phi) is 7.30. The summed E-state index contributed by atoms with van der Waals surface area (Å²) in [5, 5.41) is 6.69. The van der Waals surface area contributed by atoms with Gasteiger partial charge in [-0.1, -0.05) is 37.8 Å². The normalized spacial score (nSPS) is 21.6. The van der Waals surface area contributed by atoms with Crippen LogP contribution in [0.5, 0.6) is 0 Å². The molecule has 1 aliphatic heterocycles. The number of amides is 2. The summed E-state index contributed by atoms with van der Waals surface area (Å²) in [7, 11) is 0. The molecule has 3 rings (SSSR count). The van der Waals surface area contributed by atoms with E-state index in [4.69, 9.17) is 0 Å². The van der Waals surface area contributed by atoms with Crippen LogP contribution in [0.1, 0.15) is 56.9 Å². The molecule has 144 valence electrons. The number of unbranched alkanes of at least 4 members (excludes halogenated alkanes) is 1. The zero-order valence-electron chi connectivity index (χ0n) is 15.7. The molecule has 2 fully saturated rings. The third kappa shape index (κ3) is 5.70. The molecule has 0 bridgehead atoms. The van der Waals surface area contributed by atoms with E-state index in [1.165, 1.54) is 37.0 Å². The topological polar surface area (TPSA) is 44.4 Å². The number of carbonyl (C=O) groups is 1. The number of aryl methyl sites for hydroxylation is 1. The Labute approximate surface area is 156 Å². The molecule has 5 heteroatoms. The van der Waals surface area contributed by atoms with Crippen molar-refractivity contribution in [3.8, 4) is 0 Å². The Bertz CT molecular complexity index is 557. The highest BCUT2D eigenvalue weighted by molar-refractivity contribution is 5.75. The van der Waals surface area contributed by atoms with Gasteiger partial charge in [0.05, 0.1) is 0 Å².